The van der Waals surface area contributed by atoms with Gasteiger partial charge in [0, 0.05) is 35.7 Å². The molecule has 1 fully saturated rings. The Morgan fingerprint density at radius 3 is 3.00 bits per heavy atom. The van der Waals surface area contributed by atoms with Crippen molar-refractivity contribution < 1.29 is 4.74 Å². The van der Waals surface area contributed by atoms with Crippen LogP contribution in [0.25, 0.3) is 0 Å². The van der Waals surface area contributed by atoms with E-state index < -0.39 is 0 Å². The first-order valence-corrected chi connectivity index (χ1v) is 6.86. The molecule has 0 amide bonds. The van der Waals surface area contributed by atoms with E-state index in [0.717, 1.165) is 43.4 Å². The molecule has 1 aliphatic rings. The van der Waals surface area contributed by atoms with Crippen molar-refractivity contribution in [2.24, 2.45) is 0 Å². The maximum atomic E-state index is 6.22. The van der Waals surface area contributed by atoms with Crippen LogP contribution < -0.4 is 5.32 Å². The number of morpholine rings is 1. The van der Waals surface area contributed by atoms with E-state index in [4.69, 9.17) is 27.9 Å². The fourth-order valence-electron chi connectivity index (χ4n) is 2.19. The van der Waals surface area contributed by atoms with Crippen LogP contribution >= 0.6 is 23.2 Å². The monoisotopic (exact) mass is 288 g/mol. The highest BCUT2D eigenvalue weighted by Gasteiger charge is 2.22. The quantitative estimate of drug-likeness (QED) is 0.921. The van der Waals surface area contributed by atoms with E-state index >= 15 is 0 Å². The molecule has 1 aromatic rings. The van der Waals surface area contributed by atoms with Gasteiger partial charge in [-0.25, -0.2) is 0 Å². The van der Waals surface area contributed by atoms with Crippen LogP contribution in [0.2, 0.25) is 10.0 Å². The number of likely N-dealkylation sites (N-methyl/N-ethyl adjacent to an activating group) is 1. The number of nitrogens with zero attached hydrogens (tertiary/aromatic N) is 1. The first-order valence-electron chi connectivity index (χ1n) is 6.11. The van der Waals surface area contributed by atoms with Crippen molar-refractivity contribution >= 4 is 23.2 Å². The van der Waals surface area contributed by atoms with Crippen LogP contribution in [0, 0.1) is 0 Å². The second-order valence-corrected chi connectivity index (χ2v) is 5.34. The Labute approximate surface area is 118 Å². The molecule has 0 bridgehead atoms. The number of hydrogen-bond acceptors (Lipinski definition) is 3. The van der Waals surface area contributed by atoms with Gasteiger partial charge in [0.05, 0.1) is 13.2 Å². The molecule has 0 saturated carbocycles. The Morgan fingerprint density at radius 1 is 1.44 bits per heavy atom. The topological polar surface area (TPSA) is 24.5 Å². The van der Waals surface area contributed by atoms with Crippen LogP contribution in [-0.4, -0.2) is 44.3 Å². The van der Waals surface area contributed by atoms with Crippen molar-refractivity contribution in [2.75, 3.05) is 33.4 Å². The van der Waals surface area contributed by atoms with Crippen LogP contribution in [0.3, 0.4) is 0 Å². The zero-order valence-electron chi connectivity index (χ0n) is 10.5. The third kappa shape index (κ3) is 3.59. The van der Waals surface area contributed by atoms with Crippen LogP contribution in [0.15, 0.2) is 18.2 Å². The van der Waals surface area contributed by atoms with Crippen molar-refractivity contribution in [3.63, 3.8) is 0 Å². The fourth-order valence-corrected chi connectivity index (χ4v) is 2.66. The normalized spacial score (nSPS) is 21.2. The number of hydrogen-bond donors (Lipinski definition) is 1. The van der Waals surface area contributed by atoms with Crippen LogP contribution in [0.1, 0.15) is 5.56 Å². The Balaban J connectivity index is 2.06. The Morgan fingerprint density at radius 2 is 2.28 bits per heavy atom. The summed E-state index contributed by atoms with van der Waals surface area (Å²) in [5.74, 6) is 0. The van der Waals surface area contributed by atoms with Crippen LogP contribution in [0.5, 0.6) is 0 Å². The zero-order valence-corrected chi connectivity index (χ0v) is 12.0. The standard InChI is InChI=1S/C13H18Cl2N2O/c1-16-7-12-9-18-5-4-17(12)8-10-2-3-11(14)6-13(10)15/h2-3,6,12,16H,4-5,7-9H2,1H3. The first kappa shape index (κ1) is 14.1. The molecule has 0 aliphatic carbocycles. The van der Waals surface area contributed by atoms with Gasteiger partial charge in [0.15, 0.2) is 0 Å². The molecular formula is C13H18Cl2N2O. The van der Waals surface area contributed by atoms with Gasteiger partial charge in [-0.15, -0.1) is 0 Å². The molecule has 5 heteroatoms. The summed E-state index contributed by atoms with van der Waals surface area (Å²) in [5, 5.41) is 4.61. The fraction of sp³-hybridized carbons (Fsp3) is 0.538. The van der Waals surface area contributed by atoms with Crippen LogP contribution in [-0.2, 0) is 11.3 Å². The first-order chi connectivity index (χ1) is 8.70. The van der Waals surface area contributed by atoms with E-state index in [1.807, 2.05) is 19.2 Å². The summed E-state index contributed by atoms with van der Waals surface area (Å²) in [6.07, 6.45) is 0. The Bertz CT molecular complexity index is 399. The lowest BCUT2D eigenvalue weighted by atomic mass is 10.1. The molecule has 100 valence electrons. The minimum absolute atomic E-state index is 0.399. The van der Waals surface area contributed by atoms with Gasteiger partial charge in [0.1, 0.15) is 0 Å². The molecule has 18 heavy (non-hydrogen) atoms. The Hall–Kier alpha value is -0.320. The maximum Gasteiger partial charge on any atom is 0.0635 e. The largest absolute Gasteiger partial charge is 0.378 e. The molecule has 1 aromatic carbocycles. The highest BCUT2D eigenvalue weighted by Crippen LogP contribution is 2.23. The molecule has 1 saturated heterocycles. The molecular weight excluding hydrogens is 271 g/mol. The highest BCUT2D eigenvalue weighted by molar-refractivity contribution is 6.35. The molecule has 3 nitrogen and oxygen atoms in total. The molecule has 1 N–H and O–H groups in total. The number of benzene rings is 1. The lowest BCUT2D eigenvalue weighted by Crippen LogP contribution is -2.49. The van der Waals surface area contributed by atoms with E-state index in [1.165, 1.54) is 0 Å². The zero-order chi connectivity index (χ0) is 13.0. The van der Waals surface area contributed by atoms with E-state index in [2.05, 4.69) is 10.2 Å². The number of halogens is 2. The van der Waals surface area contributed by atoms with Gasteiger partial charge in [-0.2, -0.15) is 0 Å². The molecule has 1 unspecified atom stereocenters. The third-order valence-corrected chi connectivity index (χ3v) is 3.76. The molecule has 0 radical (unpaired) electrons. The number of nitrogens with one attached hydrogen (secondary N) is 1. The second kappa shape index (κ2) is 6.73. The average molecular weight is 289 g/mol. The third-order valence-electron chi connectivity index (χ3n) is 3.18. The number of ether oxygens (including phenoxy) is 1. The summed E-state index contributed by atoms with van der Waals surface area (Å²) in [4.78, 5) is 2.40. The lowest BCUT2D eigenvalue weighted by molar-refractivity contribution is -0.0103. The summed E-state index contributed by atoms with van der Waals surface area (Å²) in [5.41, 5.74) is 1.11. The second-order valence-electron chi connectivity index (χ2n) is 4.49. The van der Waals surface area contributed by atoms with Crippen LogP contribution in [0.4, 0.5) is 0 Å². The maximum absolute atomic E-state index is 6.22. The molecule has 1 aliphatic heterocycles. The Kier molecular flexibility index (Phi) is 5.27. The van der Waals surface area contributed by atoms with Crippen molar-refractivity contribution in [1.82, 2.24) is 10.2 Å². The van der Waals surface area contributed by atoms with Gasteiger partial charge in [-0.3, -0.25) is 4.90 Å². The molecule has 2 rings (SSSR count). The van der Waals surface area contributed by atoms with Gasteiger partial charge in [-0.05, 0) is 24.7 Å². The van der Waals surface area contributed by atoms with Crippen molar-refractivity contribution in [3.8, 4) is 0 Å². The predicted octanol–water partition coefficient (Wildman–Crippen LogP) is 2.41. The van der Waals surface area contributed by atoms with Gasteiger partial charge in [0.25, 0.3) is 0 Å². The minimum atomic E-state index is 0.399. The SMILES string of the molecule is CNCC1COCCN1Cc1ccc(Cl)cc1Cl. The van der Waals surface area contributed by atoms with Crippen molar-refractivity contribution in [2.45, 2.75) is 12.6 Å². The molecule has 1 atom stereocenters. The molecule has 0 spiro atoms. The lowest BCUT2D eigenvalue weighted by Gasteiger charge is -2.35. The van der Waals surface area contributed by atoms with E-state index in [1.54, 1.807) is 6.07 Å². The predicted molar refractivity (Wildman–Crippen MR) is 75.4 cm³/mol. The van der Waals surface area contributed by atoms with E-state index in [-0.39, 0.29) is 0 Å². The van der Waals surface area contributed by atoms with E-state index in [0.29, 0.717) is 11.1 Å². The molecule has 1 heterocycles. The van der Waals surface area contributed by atoms with Gasteiger partial charge < -0.3 is 10.1 Å². The van der Waals surface area contributed by atoms with Crippen molar-refractivity contribution in [3.05, 3.63) is 33.8 Å². The summed E-state index contributed by atoms with van der Waals surface area (Å²) < 4.78 is 5.52. The summed E-state index contributed by atoms with van der Waals surface area (Å²) in [6, 6.07) is 6.08. The smallest absolute Gasteiger partial charge is 0.0635 e. The summed E-state index contributed by atoms with van der Waals surface area (Å²) in [6.45, 7) is 4.25. The molecule has 0 aromatic heterocycles. The van der Waals surface area contributed by atoms with Gasteiger partial charge in [0.2, 0.25) is 0 Å². The minimum Gasteiger partial charge on any atom is -0.378 e. The highest BCUT2D eigenvalue weighted by atomic mass is 35.5. The van der Waals surface area contributed by atoms with Crippen molar-refractivity contribution in [1.29, 1.82) is 0 Å². The van der Waals surface area contributed by atoms with E-state index in [9.17, 15) is 0 Å². The summed E-state index contributed by atoms with van der Waals surface area (Å²) >= 11 is 12.1. The number of rotatable bonds is 4. The summed E-state index contributed by atoms with van der Waals surface area (Å²) in [7, 11) is 1.96. The average Bonchev–Trinajstić information content (AvgIpc) is 2.35. The van der Waals surface area contributed by atoms with Gasteiger partial charge >= 0.3 is 0 Å². The van der Waals surface area contributed by atoms with Gasteiger partial charge in [-0.1, -0.05) is 29.3 Å².